The van der Waals surface area contributed by atoms with E-state index < -0.39 is 0 Å². The fraction of sp³-hybridized carbons (Fsp3) is 0.143. The number of nitriles is 1. The van der Waals surface area contributed by atoms with Crippen molar-refractivity contribution in [2.75, 3.05) is 5.32 Å². The largest absolute Gasteiger partial charge is 0.325 e. The summed E-state index contributed by atoms with van der Waals surface area (Å²) in [6.07, 6.45) is 5.87. The van der Waals surface area contributed by atoms with Gasteiger partial charge in [0.2, 0.25) is 0 Å². The summed E-state index contributed by atoms with van der Waals surface area (Å²) in [6, 6.07) is 16.0. The van der Waals surface area contributed by atoms with Gasteiger partial charge in [-0.2, -0.15) is 10.4 Å². The number of fused-ring (bicyclic) bond motifs is 1. The number of nitrogens with zero attached hydrogens (tertiary/aromatic N) is 4. The lowest BCUT2D eigenvalue weighted by atomic mass is 10.0. The van der Waals surface area contributed by atoms with Crippen molar-refractivity contribution in [3.05, 3.63) is 66.0 Å². The standard InChI is InChI=1S/C21H16N6.ClH/c22-11-13-5-6-23-20(7-13)26-21-10-16(14-1-2-14)9-19(25-21)15-3-4-18-17(8-15)12-24-27-18;/h3-10,12,14H,1-2H2,(H,24,27)(H,23,25,26);1H. The molecule has 1 saturated carbocycles. The highest BCUT2D eigenvalue weighted by Gasteiger charge is 2.25. The molecule has 6 nitrogen and oxygen atoms in total. The molecule has 1 fully saturated rings. The highest BCUT2D eigenvalue weighted by atomic mass is 35.5. The van der Waals surface area contributed by atoms with Crippen molar-refractivity contribution in [2.24, 2.45) is 0 Å². The van der Waals surface area contributed by atoms with E-state index in [9.17, 15) is 0 Å². The maximum Gasteiger partial charge on any atom is 0.132 e. The Bertz CT molecular complexity index is 1190. The van der Waals surface area contributed by atoms with Gasteiger partial charge in [0.15, 0.2) is 0 Å². The van der Waals surface area contributed by atoms with Crippen molar-refractivity contribution < 1.29 is 0 Å². The van der Waals surface area contributed by atoms with Gasteiger partial charge in [-0.05, 0) is 60.7 Å². The predicted octanol–water partition coefficient (Wildman–Crippen LogP) is 4.93. The van der Waals surface area contributed by atoms with E-state index in [1.807, 2.05) is 12.3 Å². The van der Waals surface area contributed by atoms with E-state index >= 15 is 0 Å². The van der Waals surface area contributed by atoms with Gasteiger partial charge < -0.3 is 5.32 Å². The van der Waals surface area contributed by atoms with Crippen LogP contribution in [0.25, 0.3) is 22.2 Å². The summed E-state index contributed by atoms with van der Waals surface area (Å²) < 4.78 is 0. The highest BCUT2D eigenvalue weighted by molar-refractivity contribution is 5.85. The average Bonchev–Trinajstić information content (AvgIpc) is 3.45. The lowest BCUT2D eigenvalue weighted by Gasteiger charge is -2.11. The molecule has 3 aromatic heterocycles. The maximum atomic E-state index is 9.09. The number of halogens is 1. The number of benzene rings is 1. The summed E-state index contributed by atoms with van der Waals surface area (Å²) in [4.78, 5) is 9.09. The Labute approximate surface area is 168 Å². The Morgan fingerprint density at radius 1 is 1.07 bits per heavy atom. The molecule has 0 amide bonds. The van der Waals surface area contributed by atoms with Crippen LogP contribution in [-0.4, -0.2) is 20.2 Å². The second kappa shape index (κ2) is 7.29. The van der Waals surface area contributed by atoms with E-state index in [0.29, 0.717) is 17.3 Å². The van der Waals surface area contributed by atoms with Crippen LogP contribution in [0.4, 0.5) is 11.6 Å². The Kier molecular flexibility index (Phi) is 4.68. The van der Waals surface area contributed by atoms with E-state index in [4.69, 9.17) is 10.2 Å². The highest BCUT2D eigenvalue weighted by Crippen LogP contribution is 2.42. The summed E-state index contributed by atoms with van der Waals surface area (Å²) >= 11 is 0. The summed E-state index contributed by atoms with van der Waals surface area (Å²) in [5.41, 5.74) is 4.82. The second-order valence-corrected chi connectivity index (χ2v) is 6.78. The second-order valence-electron chi connectivity index (χ2n) is 6.78. The lowest BCUT2D eigenvalue weighted by molar-refractivity contribution is 1.11. The van der Waals surface area contributed by atoms with Crippen molar-refractivity contribution in [1.82, 2.24) is 20.2 Å². The van der Waals surface area contributed by atoms with Crippen molar-refractivity contribution in [3.8, 4) is 17.3 Å². The van der Waals surface area contributed by atoms with Gasteiger partial charge in [0.25, 0.3) is 0 Å². The van der Waals surface area contributed by atoms with Gasteiger partial charge in [-0.25, -0.2) is 9.97 Å². The molecule has 1 aliphatic rings. The first kappa shape index (κ1) is 18.0. The molecule has 0 aliphatic heterocycles. The first-order valence-electron chi connectivity index (χ1n) is 8.87. The number of anilines is 2. The monoisotopic (exact) mass is 388 g/mol. The summed E-state index contributed by atoms with van der Waals surface area (Å²) in [6.45, 7) is 0. The van der Waals surface area contributed by atoms with Crippen LogP contribution in [0.3, 0.4) is 0 Å². The molecule has 7 heteroatoms. The molecular formula is C21H17ClN6. The van der Waals surface area contributed by atoms with Gasteiger partial charge in [0.1, 0.15) is 11.6 Å². The Hall–Kier alpha value is -3.43. The number of pyridine rings is 2. The van der Waals surface area contributed by atoms with Crippen LogP contribution in [0, 0.1) is 11.3 Å². The number of aromatic nitrogens is 4. The van der Waals surface area contributed by atoms with E-state index in [1.54, 1.807) is 18.3 Å². The zero-order valence-corrected chi connectivity index (χ0v) is 15.7. The van der Waals surface area contributed by atoms with Crippen LogP contribution in [0.5, 0.6) is 0 Å². The molecule has 0 atom stereocenters. The SMILES string of the molecule is Cl.N#Cc1ccnc(Nc2cc(C3CC3)cc(-c3ccc4[nH]ncc4c3)n2)c1. The number of hydrogen-bond acceptors (Lipinski definition) is 5. The summed E-state index contributed by atoms with van der Waals surface area (Å²) in [5, 5.41) is 20.5. The smallest absolute Gasteiger partial charge is 0.132 e. The van der Waals surface area contributed by atoms with Gasteiger partial charge >= 0.3 is 0 Å². The summed E-state index contributed by atoms with van der Waals surface area (Å²) in [5.74, 6) is 1.96. The molecule has 1 aromatic carbocycles. The van der Waals surface area contributed by atoms with Gasteiger partial charge in [-0.3, -0.25) is 5.10 Å². The van der Waals surface area contributed by atoms with Gasteiger partial charge in [-0.1, -0.05) is 6.07 Å². The van der Waals surface area contributed by atoms with Crippen molar-refractivity contribution in [1.29, 1.82) is 5.26 Å². The quantitative estimate of drug-likeness (QED) is 0.517. The third-order valence-electron chi connectivity index (χ3n) is 4.78. The Morgan fingerprint density at radius 3 is 2.79 bits per heavy atom. The first-order chi connectivity index (χ1) is 13.3. The van der Waals surface area contributed by atoms with Crippen molar-refractivity contribution >= 4 is 34.9 Å². The first-order valence-corrected chi connectivity index (χ1v) is 8.87. The minimum atomic E-state index is 0. The average molecular weight is 389 g/mol. The van der Waals surface area contributed by atoms with Crippen molar-refractivity contribution in [3.63, 3.8) is 0 Å². The number of rotatable bonds is 4. The molecule has 138 valence electrons. The maximum absolute atomic E-state index is 9.09. The Morgan fingerprint density at radius 2 is 1.96 bits per heavy atom. The number of aromatic amines is 1. The molecule has 1 aliphatic carbocycles. The predicted molar refractivity (Wildman–Crippen MR) is 111 cm³/mol. The van der Waals surface area contributed by atoms with E-state index in [1.165, 1.54) is 18.4 Å². The molecule has 0 spiro atoms. The van der Waals surface area contributed by atoms with Crippen LogP contribution in [0.1, 0.15) is 29.9 Å². The van der Waals surface area contributed by atoms with Crippen LogP contribution in [0.2, 0.25) is 0 Å². The van der Waals surface area contributed by atoms with Gasteiger partial charge in [-0.15, -0.1) is 12.4 Å². The van der Waals surface area contributed by atoms with Gasteiger partial charge in [0.05, 0.1) is 29.0 Å². The molecule has 0 unspecified atom stereocenters. The van der Waals surface area contributed by atoms with Crippen molar-refractivity contribution in [2.45, 2.75) is 18.8 Å². The lowest BCUT2D eigenvalue weighted by Crippen LogP contribution is -1.99. The molecule has 0 radical (unpaired) electrons. The molecular weight excluding hydrogens is 372 g/mol. The van der Waals surface area contributed by atoms with Crippen LogP contribution < -0.4 is 5.32 Å². The molecule has 28 heavy (non-hydrogen) atoms. The number of hydrogen-bond donors (Lipinski definition) is 2. The van der Waals surface area contributed by atoms with E-state index in [2.05, 4.69) is 50.8 Å². The zero-order chi connectivity index (χ0) is 18.2. The molecule has 5 rings (SSSR count). The molecule has 0 bridgehead atoms. The van der Waals surface area contributed by atoms with Crippen LogP contribution in [0.15, 0.2) is 54.9 Å². The normalized spacial score (nSPS) is 13.0. The number of H-pyrrole nitrogens is 1. The topological polar surface area (TPSA) is 90.3 Å². The molecule has 2 N–H and O–H groups in total. The molecule has 4 aromatic rings. The minimum absolute atomic E-state index is 0. The molecule has 0 saturated heterocycles. The fourth-order valence-corrected chi connectivity index (χ4v) is 3.22. The molecule has 3 heterocycles. The minimum Gasteiger partial charge on any atom is -0.325 e. The fourth-order valence-electron chi connectivity index (χ4n) is 3.22. The third kappa shape index (κ3) is 3.53. The number of nitrogens with one attached hydrogen (secondary N) is 2. The van der Waals surface area contributed by atoms with Crippen LogP contribution in [-0.2, 0) is 0 Å². The summed E-state index contributed by atoms with van der Waals surface area (Å²) in [7, 11) is 0. The Balaban J connectivity index is 0.00000192. The van der Waals surface area contributed by atoms with E-state index in [-0.39, 0.29) is 12.4 Å². The third-order valence-corrected chi connectivity index (χ3v) is 4.78. The van der Waals surface area contributed by atoms with Crippen LogP contribution >= 0.6 is 12.4 Å². The van der Waals surface area contributed by atoms with E-state index in [0.717, 1.165) is 28.0 Å². The van der Waals surface area contributed by atoms with Gasteiger partial charge in [0, 0.05) is 17.1 Å². The zero-order valence-electron chi connectivity index (χ0n) is 14.9.